The summed E-state index contributed by atoms with van der Waals surface area (Å²) < 4.78 is 6.44. The summed E-state index contributed by atoms with van der Waals surface area (Å²) >= 11 is 0. The van der Waals surface area contributed by atoms with Crippen LogP contribution >= 0.6 is 0 Å². The summed E-state index contributed by atoms with van der Waals surface area (Å²) in [5.41, 5.74) is 13.8. The standard InChI is InChI=1S/C30H22N8/c1-2-23-24-16-32-8-4-28(24)37(27(23)3-7-31)21-13-20(36-12-11-35-19-36)14-22(15-21)38-29-5-9-33-17-25(29)26-18-34-10-6-30(26)38/h2-19H,1,31H2/b7-3-. The minimum absolute atomic E-state index is 0.926. The van der Waals surface area contributed by atoms with E-state index in [0.717, 1.165) is 61.0 Å². The molecule has 0 spiro atoms. The second-order valence-electron chi connectivity index (χ2n) is 8.89. The van der Waals surface area contributed by atoms with Gasteiger partial charge in [0.25, 0.3) is 0 Å². The predicted octanol–water partition coefficient (Wildman–Crippen LogP) is 5.67. The predicted molar refractivity (Wildman–Crippen MR) is 151 cm³/mol. The molecule has 0 amide bonds. The van der Waals surface area contributed by atoms with Crippen molar-refractivity contribution in [3.63, 3.8) is 0 Å². The number of nitrogens with zero attached hydrogens (tertiary/aromatic N) is 7. The highest BCUT2D eigenvalue weighted by Crippen LogP contribution is 2.35. The van der Waals surface area contributed by atoms with Crippen molar-refractivity contribution in [2.24, 2.45) is 5.73 Å². The lowest BCUT2D eigenvalue weighted by molar-refractivity contribution is 1.02. The molecule has 6 aromatic heterocycles. The maximum Gasteiger partial charge on any atom is 0.0991 e. The minimum atomic E-state index is 0.926. The van der Waals surface area contributed by atoms with Crippen LogP contribution in [0.4, 0.5) is 0 Å². The Morgan fingerprint density at radius 1 is 0.684 bits per heavy atom. The van der Waals surface area contributed by atoms with Crippen molar-refractivity contribution in [3.05, 3.63) is 116 Å². The van der Waals surface area contributed by atoms with Crippen molar-refractivity contribution in [2.45, 2.75) is 0 Å². The van der Waals surface area contributed by atoms with Crippen LogP contribution in [0.25, 0.3) is 61.9 Å². The van der Waals surface area contributed by atoms with E-state index in [1.165, 1.54) is 0 Å². The molecule has 0 aliphatic carbocycles. The number of aromatic nitrogens is 7. The SMILES string of the molecule is C=Cc1c(/C=C\N)n(-c2cc(-n3ccnc3)cc(-n3c4ccncc4c4cnccc43)c2)c2ccncc12. The molecule has 0 atom stereocenters. The fourth-order valence-corrected chi connectivity index (χ4v) is 5.31. The van der Waals surface area contributed by atoms with E-state index < -0.39 is 0 Å². The van der Waals surface area contributed by atoms with Crippen molar-refractivity contribution in [2.75, 3.05) is 0 Å². The van der Waals surface area contributed by atoms with Crippen LogP contribution in [-0.4, -0.2) is 33.6 Å². The number of nitrogens with two attached hydrogens (primary N) is 1. The molecule has 6 heterocycles. The number of pyridine rings is 3. The van der Waals surface area contributed by atoms with Crippen molar-refractivity contribution < 1.29 is 0 Å². The fraction of sp³-hybridized carbons (Fsp3) is 0. The average molecular weight is 495 g/mol. The third-order valence-electron chi connectivity index (χ3n) is 6.88. The highest BCUT2D eigenvalue weighted by molar-refractivity contribution is 6.08. The summed E-state index contributed by atoms with van der Waals surface area (Å²) in [5, 5.41) is 3.09. The maximum atomic E-state index is 5.92. The van der Waals surface area contributed by atoms with Crippen LogP contribution < -0.4 is 5.73 Å². The largest absolute Gasteiger partial charge is 0.405 e. The topological polar surface area (TPSA) is 92.4 Å². The van der Waals surface area contributed by atoms with Gasteiger partial charge in [-0.2, -0.15) is 0 Å². The van der Waals surface area contributed by atoms with E-state index >= 15 is 0 Å². The van der Waals surface area contributed by atoms with Gasteiger partial charge in [-0.15, -0.1) is 0 Å². The van der Waals surface area contributed by atoms with Crippen LogP contribution in [0.1, 0.15) is 11.3 Å². The zero-order chi connectivity index (χ0) is 25.6. The van der Waals surface area contributed by atoms with E-state index in [1.807, 2.05) is 72.1 Å². The van der Waals surface area contributed by atoms with Crippen LogP contribution in [0.15, 0.2) is 105 Å². The average Bonchev–Trinajstić information content (AvgIpc) is 3.68. The lowest BCUT2D eigenvalue weighted by Crippen LogP contribution is -2.04. The van der Waals surface area contributed by atoms with Gasteiger partial charge < -0.3 is 19.4 Å². The molecule has 1 aromatic carbocycles. The van der Waals surface area contributed by atoms with Crippen LogP contribution in [-0.2, 0) is 0 Å². The third-order valence-corrected chi connectivity index (χ3v) is 6.88. The lowest BCUT2D eigenvalue weighted by atomic mass is 10.1. The molecule has 182 valence electrons. The number of hydrogen-bond acceptors (Lipinski definition) is 5. The highest BCUT2D eigenvalue weighted by Gasteiger charge is 2.18. The molecule has 8 nitrogen and oxygen atoms in total. The molecule has 0 saturated carbocycles. The Balaban J connectivity index is 1.61. The molecule has 8 heteroatoms. The summed E-state index contributed by atoms with van der Waals surface area (Å²) in [6.07, 6.45) is 21.9. The van der Waals surface area contributed by atoms with E-state index in [4.69, 9.17) is 5.73 Å². The quantitative estimate of drug-likeness (QED) is 0.333. The van der Waals surface area contributed by atoms with Gasteiger partial charge in [-0.1, -0.05) is 12.7 Å². The van der Waals surface area contributed by atoms with Crippen molar-refractivity contribution in [3.8, 4) is 17.1 Å². The lowest BCUT2D eigenvalue weighted by Gasteiger charge is -2.16. The Morgan fingerprint density at radius 3 is 1.84 bits per heavy atom. The van der Waals surface area contributed by atoms with E-state index in [1.54, 1.807) is 24.9 Å². The zero-order valence-electron chi connectivity index (χ0n) is 20.3. The third kappa shape index (κ3) is 3.17. The zero-order valence-corrected chi connectivity index (χ0v) is 20.3. The second-order valence-corrected chi connectivity index (χ2v) is 8.89. The Kier molecular flexibility index (Phi) is 4.90. The molecule has 0 unspecified atom stereocenters. The number of imidazole rings is 1. The first-order chi connectivity index (χ1) is 18.8. The summed E-state index contributed by atoms with van der Waals surface area (Å²) in [6, 6.07) is 12.6. The maximum absolute atomic E-state index is 5.92. The summed E-state index contributed by atoms with van der Waals surface area (Å²) in [5.74, 6) is 0. The molecule has 0 saturated heterocycles. The van der Waals surface area contributed by atoms with Gasteiger partial charge in [0.2, 0.25) is 0 Å². The van der Waals surface area contributed by atoms with Gasteiger partial charge in [0.15, 0.2) is 0 Å². The number of rotatable bonds is 5. The van der Waals surface area contributed by atoms with Crippen molar-refractivity contribution >= 4 is 44.9 Å². The molecule has 0 aliphatic rings. The van der Waals surface area contributed by atoms with Gasteiger partial charge in [-0.25, -0.2) is 4.98 Å². The minimum Gasteiger partial charge on any atom is -0.405 e. The van der Waals surface area contributed by atoms with Crippen LogP contribution in [0.2, 0.25) is 0 Å². The fourth-order valence-electron chi connectivity index (χ4n) is 5.31. The first-order valence-corrected chi connectivity index (χ1v) is 12.1. The van der Waals surface area contributed by atoms with Crippen LogP contribution in [0, 0.1) is 0 Å². The molecule has 0 radical (unpaired) electrons. The summed E-state index contributed by atoms with van der Waals surface area (Å²) in [6.45, 7) is 4.07. The summed E-state index contributed by atoms with van der Waals surface area (Å²) in [7, 11) is 0. The highest BCUT2D eigenvalue weighted by atomic mass is 15.1. The van der Waals surface area contributed by atoms with E-state index in [-0.39, 0.29) is 0 Å². The molecular formula is C30H22N8. The second kappa shape index (κ2) is 8.56. The molecule has 0 aliphatic heterocycles. The molecule has 7 rings (SSSR count). The molecule has 7 aromatic rings. The smallest absolute Gasteiger partial charge is 0.0991 e. The molecule has 2 N–H and O–H groups in total. The molecule has 0 fully saturated rings. The van der Waals surface area contributed by atoms with Gasteiger partial charge in [0.05, 0.1) is 45.6 Å². The van der Waals surface area contributed by atoms with Gasteiger partial charge in [-0.3, -0.25) is 15.0 Å². The van der Waals surface area contributed by atoms with E-state index in [9.17, 15) is 0 Å². The number of hydrogen-bond donors (Lipinski definition) is 1. The Labute approximate surface area is 217 Å². The Bertz CT molecular complexity index is 1950. The van der Waals surface area contributed by atoms with Gasteiger partial charge in [-0.05, 0) is 48.7 Å². The summed E-state index contributed by atoms with van der Waals surface area (Å²) in [4.78, 5) is 17.4. The number of benzene rings is 1. The molecule has 0 bridgehead atoms. The molecular weight excluding hydrogens is 472 g/mol. The van der Waals surface area contributed by atoms with Crippen LogP contribution in [0.5, 0.6) is 0 Å². The van der Waals surface area contributed by atoms with Crippen LogP contribution in [0.3, 0.4) is 0 Å². The van der Waals surface area contributed by atoms with Gasteiger partial charge >= 0.3 is 0 Å². The van der Waals surface area contributed by atoms with Gasteiger partial charge in [0, 0.05) is 71.3 Å². The molecule has 38 heavy (non-hydrogen) atoms. The van der Waals surface area contributed by atoms with Crippen molar-refractivity contribution in [1.82, 2.24) is 33.6 Å². The van der Waals surface area contributed by atoms with E-state index in [0.29, 0.717) is 0 Å². The Morgan fingerprint density at radius 2 is 1.26 bits per heavy atom. The first kappa shape index (κ1) is 21.8. The van der Waals surface area contributed by atoms with Gasteiger partial charge in [0.1, 0.15) is 0 Å². The normalized spacial score (nSPS) is 11.8. The number of fused-ring (bicyclic) bond motifs is 4. The monoisotopic (exact) mass is 494 g/mol. The Hall–Kier alpha value is -5.50. The van der Waals surface area contributed by atoms with Crippen molar-refractivity contribution in [1.29, 1.82) is 0 Å². The first-order valence-electron chi connectivity index (χ1n) is 12.1. The van der Waals surface area contributed by atoms with E-state index in [2.05, 4.69) is 53.8 Å².